The van der Waals surface area contributed by atoms with Crippen LogP contribution in [0.4, 0.5) is 11.4 Å². The van der Waals surface area contributed by atoms with Gasteiger partial charge in [0, 0.05) is 17.8 Å². The van der Waals surface area contributed by atoms with Crippen LogP contribution in [0, 0.1) is 33.8 Å². The van der Waals surface area contributed by atoms with Gasteiger partial charge in [0.2, 0.25) is 17.7 Å². The van der Waals surface area contributed by atoms with E-state index in [1.54, 1.807) is 0 Å². The third-order valence-electron chi connectivity index (χ3n) is 5.88. The van der Waals surface area contributed by atoms with Crippen molar-refractivity contribution in [2.45, 2.75) is 25.8 Å². The second-order valence-electron chi connectivity index (χ2n) is 7.36. The number of hydrogen-bond acceptors (Lipinski definition) is 5. The molecule has 0 aromatic heterocycles. The van der Waals surface area contributed by atoms with Gasteiger partial charge in [-0.1, -0.05) is 18.2 Å². The van der Waals surface area contributed by atoms with Gasteiger partial charge < -0.3 is 5.32 Å². The Hall–Kier alpha value is -3.03. The summed E-state index contributed by atoms with van der Waals surface area (Å²) < 4.78 is 0. The van der Waals surface area contributed by atoms with Gasteiger partial charge in [-0.05, 0) is 37.7 Å². The first-order valence-electron chi connectivity index (χ1n) is 8.99. The maximum atomic E-state index is 12.9. The average molecular weight is 369 g/mol. The van der Waals surface area contributed by atoms with Gasteiger partial charge in [0.05, 0.1) is 16.8 Å². The number of benzene rings is 1. The largest absolute Gasteiger partial charge is 0.324 e. The first-order chi connectivity index (χ1) is 12.9. The van der Waals surface area contributed by atoms with E-state index in [2.05, 4.69) is 5.32 Å². The number of non-ortho nitro benzene ring substituents is 1. The molecule has 140 valence electrons. The van der Waals surface area contributed by atoms with E-state index in [1.807, 2.05) is 12.2 Å². The summed E-state index contributed by atoms with van der Waals surface area (Å²) in [4.78, 5) is 49.8. The Kier molecular flexibility index (Phi) is 4.05. The number of allylic oxidation sites excluding steroid dienone is 2. The summed E-state index contributed by atoms with van der Waals surface area (Å²) in [5.41, 5.74) is 0.0988. The summed E-state index contributed by atoms with van der Waals surface area (Å²) in [6, 6.07) is 4.56. The molecule has 27 heavy (non-hydrogen) atoms. The summed E-state index contributed by atoms with van der Waals surface area (Å²) in [7, 11) is 0. The molecule has 1 aliphatic heterocycles. The van der Waals surface area contributed by atoms with Crippen molar-refractivity contribution in [3.63, 3.8) is 0 Å². The van der Waals surface area contributed by atoms with Crippen LogP contribution in [0.2, 0.25) is 0 Å². The number of carbonyl (C=O) groups excluding carboxylic acids is 3. The molecule has 5 atom stereocenters. The van der Waals surface area contributed by atoms with Gasteiger partial charge in [-0.2, -0.15) is 0 Å². The molecule has 1 saturated heterocycles. The molecule has 0 spiro atoms. The molecular formula is C19H19N3O5. The first kappa shape index (κ1) is 17.4. The fourth-order valence-electron chi connectivity index (χ4n) is 4.54. The van der Waals surface area contributed by atoms with E-state index in [9.17, 15) is 24.5 Å². The lowest BCUT2D eigenvalue weighted by Crippen LogP contribution is -2.46. The monoisotopic (exact) mass is 369 g/mol. The van der Waals surface area contributed by atoms with Gasteiger partial charge in [-0.3, -0.25) is 29.4 Å². The van der Waals surface area contributed by atoms with Gasteiger partial charge in [0.1, 0.15) is 6.04 Å². The molecule has 1 N–H and O–H groups in total. The van der Waals surface area contributed by atoms with E-state index in [4.69, 9.17) is 0 Å². The van der Waals surface area contributed by atoms with E-state index in [-0.39, 0.29) is 46.9 Å². The zero-order valence-corrected chi connectivity index (χ0v) is 14.7. The van der Waals surface area contributed by atoms with Crippen LogP contribution < -0.4 is 5.32 Å². The van der Waals surface area contributed by atoms with Crippen molar-refractivity contribution in [3.8, 4) is 0 Å². The molecule has 1 aromatic rings. The number of imide groups is 1. The Bertz CT molecular complexity index is 848. The van der Waals surface area contributed by atoms with Gasteiger partial charge >= 0.3 is 0 Å². The minimum Gasteiger partial charge on any atom is -0.324 e. The molecule has 1 aromatic carbocycles. The lowest BCUT2D eigenvalue weighted by molar-refractivity contribution is -0.384. The number of nitrogens with zero attached hydrogens (tertiary/aromatic N) is 2. The summed E-state index contributed by atoms with van der Waals surface area (Å²) in [5.74, 6) is -1.72. The van der Waals surface area contributed by atoms with Gasteiger partial charge in [0.25, 0.3) is 5.69 Å². The second-order valence-corrected chi connectivity index (χ2v) is 7.36. The number of fused-ring (bicyclic) bond motifs is 1. The van der Waals surface area contributed by atoms with E-state index < -0.39 is 16.9 Å². The Labute approximate surface area is 155 Å². The minimum atomic E-state index is -0.978. The molecule has 3 aliphatic carbocycles. The van der Waals surface area contributed by atoms with Crippen LogP contribution in [-0.2, 0) is 14.4 Å². The molecule has 1 heterocycles. The van der Waals surface area contributed by atoms with E-state index in [0.717, 1.165) is 17.7 Å². The number of amides is 3. The third-order valence-corrected chi connectivity index (χ3v) is 5.88. The number of likely N-dealkylation sites (tertiary alicyclic amines) is 1. The van der Waals surface area contributed by atoms with Crippen LogP contribution in [-0.4, -0.2) is 33.6 Å². The van der Waals surface area contributed by atoms with Crippen molar-refractivity contribution in [3.05, 3.63) is 46.5 Å². The zero-order valence-electron chi connectivity index (χ0n) is 14.7. The van der Waals surface area contributed by atoms with Crippen molar-refractivity contribution in [2.75, 3.05) is 5.32 Å². The predicted octanol–water partition coefficient (Wildman–Crippen LogP) is 2.12. The molecule has 8 heteroatoms. The lowest BCUT2D eigenvalue weighted by Gasteiger charge is -2.38. The van der Waals surface area contributed by atoms with Crippen LogP contribution in [0.25, 0.3) is 0 Å². The highest BCUT2D eigenvalue weighted by Gasteiger charge is 2.58. The van der Waals surface area contributed by atoms with Gasteiger partial charge in [-0.15, -0.1) is 0 Å². The normalized spacial score (nSPS) is 29.6. The number of nitro groups is 1. The van der Waals surface area contributed by atoms with Crippen LogP contribution in [0.1, 0.15) is 19.8 Å². The summed E-state index contributed by atoms with van der Waals surface area (Å²) in [5, 5.41) is 13.4. The minimum absolute atomic E-state index is 0.0634. The molecule has 4 aliphatic rings. The molecule has 2 fully saturated rings. The highest BCUT2D eigenvalue weighted by atomic mass is 16.6. The van der Waals surface area contributed by atoms with Crippen molar-refractivity contribution in [1.29, 1.82) is 0 Å². The maximum Gasteiger partial charge on any atom is 0.271 e. The smallest absolute Gasteiger partial charge is 0.271 e. The summed E-state index contributed by atoms with van der Waals surface area (Å²) in [6.45, 7) is 1.51. The van der Waals surface area contributed by atoms with Crippen molar-refractivity contribution < 1.29 is 19.3 Å². The molecule has 8 nitrogen and oxygen atoms in total. The number of hydrogen-bond donors (Lipinski definition) is 1. The topological polar surface area (TPSA) is 110 Å². The molecule has 2 bridgehead atoms. The Morgan fingerprint density at radius 2 is 1.78 bits per heavy atom. The van der Waals surface area contributed by atoms with Crippen LogP contribution in [0.3, 0.4) is 0 Å². The number of nitrogens with one attached hydrogen (secondary N) is 1. The SMILES string of the molecule is C[C@H](C(=O)Nc1cccc([N+](=O)[O-])c1)N1C(=O)[C@H]2[C@H](C1=O)[C@H]1C=C[C@H]2CC1. The van der Waals surface area contributed by atoms with Crippen LogP contribution in [0.15, 0.2) is 36.4 Å². The molecule has 0 radical (unpaired) electrons. The summed E-state index contributed by atoms with van der Waals surface area (Å²) >= 11 is 0. The lowest BCUT2D eigenvalue weighted by atomic mass is 9.63. The Morgan fingerprint density at radius 1 is 1.19 bits per heavy atom. The van der Waals surface area contributed by atoms with Crippen molar-refractivity contribution >= 4 is 29.1 Å². The molecular weight excluding hydrogens is 350 g/mol. The van der Waals surface area contributed by atoms with E-state index >= 15 is 0 Å². The van der Waals surface area contributed by atoms with Crippen LogP contribution in [0.5, 0.6) is 0 Å². The molecule has 0 unspecified atom stereocenters. The summed E-state index contributed by atoms with van der Waals surface area (Å²) in [6.07, 6.45) is 5.84. The highest BCUT2D eigenvalue weighted by Crippen LogP contribution is 2.49. The first-order valence-corrected chi connectivity index (χ1v) is 8.99. The fraction of sp³-hybridized carbons (Fsp3) is 0.421. The standard InChI is InChI=1S/C19H19N3O5/c1-10(17(23)20-13-3-2-4-14(9-13)22(26)27)21-18(24)15-11-5-6-12(8-7-11)16(15)19(21)25/h2-6,9-12,15-16H,7-8H2,1H3,(H,20,23)/t10-,11+,12+,15-,16-/m1/s1. The predicted molar refractivity (Wildman–Crippen MR) is 95.4 cm³/mol. The zero-order chi connectivity index (χ0) is 19.3. The van der Waals surface area contributed by atoms with Gasteiger partial charge in [0.15, 0.2) is 0 Å². The number of anilines is 1. The number of carbonyl (C=O) groups is 3. The van der Waals surface area contributed by atoms with E-state index in [1.165, 1.54) is 31.2 Å². The Balaban J connectivity index is 1.53. The van der Waals surface area contributed by atoms with Gasteiger partial charge in [-0.25, -0.2) is 0 Å². The molecule has 5 rings (SSSR count). The van der Waals surface area contributed by atoms with Crippen LogP contribution >= 0.6 is 0 Å². The number of nitro benzene ring substituents is 1. The molecule has 3 amide bonds. The molecule has 1 saturated carbocycles. The van der Waals surface area contributed by atoms with E-state index in [0.29, 0.717) is 0 Å². The maximum absolute atomic E-state index is 12.9. The van der Waals surface area contributed by atoms with Crippen molar-refractivity contribution in [1.82, 2.24) is 4.90 Å². The average Bonchev–Trinajstić information content (AvgIpc) is 2.95. The third kappa shape index (κ3) is 2.72. The Morgan fingerprint density at radius 3 is 2.30 bits per heavy atom. The van der Waals surface area contributed by atoms with Crippen molar-refractivity contribution in [2.24, 2.45) is 23.7 Å². The quantitative estimate of drug-likeness (QED) is 0.378. The fourth-order valence-corrected chi connectivity index (χ4v) is 4.54. The highest BCUT2D eigenvalue weighted by molar-refractivity contribution is 6.10. The number of rotatable bonds is 4. The second kappa shape index (κ2) is 6.29.